The van der Waals surface area contributed by atoms with E-state index in [9.17, 15) is 4.79 Å². The fourth-order valence-corrected chi connectivity index (χ4v) is 4.04. The number of allylic oxidation sites excluding steroid dienone is 4. The lowest BCUT2D eigenvalue weighted by Crippen LogP contribution is -2.35. The zero-order chi connectivity index (χ0) is 20.3. The Kier molecular flexibility index (Phi) is 6.30. The molecule has 0 aromatic heterocycles. The smallest absolute Gasteiger partial charge is 0.219 e. The second kappa shape index (κ2) is 8.70. The molecular formula is C24H31N3O. The van der Waals surface area contributed by atoms with Crippen LogP contribution in [0.3, 0.4) is 0 Å². The number of hydrogen-bond donors (Lipinski definition) is 1. The van der Waals surface area contributed by atoms with Crippen LogP contribution >= 0.6 is 0 Å². The summed E-state index contributed by atoms with van der Waals surface area (Å²) in [5.74, 6) is 0.150. The zero-order valence-electron chi connectivity index (χ0n) is 17.3. The Bertz CT molecular complexity index is 857. The molecule has 1 aromatic rings. The van der Waals surface area contributed by atoms with E-state index in [1.807, 2.05) is 18.0 Å². The Morgan fingerprint density at radius 1 is 1.32 bits per heavy atom. The first-order valence-electron chi connectivity index (χ1n) is 10.0. The quantitative estimate of drug-likeness (QED) is 0.616. The van der Waals surface area contributed by atoms with E-state index in [1.165, 1.54) is 23.1 Å². The SMILES string of the molecule is C=C(C)C(=C)/C=C(\C=N/C)c1cc2c(c(C3CCCN3)c1)CN(C(C)=O)CC2. The highest BCUT2D eigenvalue weighted by Gasteiger charge is 2.27. The highest BCUT2D eigenvalue weighted by Crippen LogP contribution is 2.34. The summed E-state index contributed by atoms with van der Waals surface area (Å²) in [7, 11) is 1.79. The molecule has 0 aliphatic carbocycles. The predicted molar refractivity (Wildman–Crippen MR) is 118 cm³/mol. The van der Waals surface area contributed by atoms with Gasteiger partial charge in [-0.1, -0.05) is 24.8 Å². The van der Waals surface area contributed by atoms with Gasteiger partial charge in [0.15, 0.2) is 0 Å². The molecule has 0 bridgehead atoms. The molecule has 0 radical (unpaired) electrons. The van der Waals surface area contributed by atoms with Crippen molar-refractivity contribution < 1.29 is 4.79 Å². The van der Waals surface area contributed by atoms with Gasteiger partial charge < -0.3 is 10.2 Å². The summed E-state index contributed by atoms with van der Waals surface area (Å²) in [6, 6.07) is 4.90. The standard InChI is InChI=1S/C24H31N3O/c1-16(2)17(3)11-21(14-25-5)20-12-19-8-10-27(18(4)28)15-23(19)22(13-20)24-7-6-9-26-24/h11-14,24,26H,1,3,6-10,15H2,2,4-5H3/b21-11+,25-14-. The maximum atomic E-state index is 12.0. The molecule has 0 spiro atoms. The van der Waals surface area contributed by atoms with Crippen LogP contribution in [-0.4, -0.2) is 37.2 Å². The van der Waals surface area contributed by atoms with Crippen LogP contribution < -0.4 is 5.32 Å². The van der Waals surface area contributed by atoms with Crippen LogP contribution in [-0.2, 0) is 17.8 Å². The molecule has 1 amide bonds. The van der Waals surface area contributed by atoms with Gasteiger partial charge in [-0.25, -0.2) is 0 Å². The second-order valence-corrected chi connectivity index (χ2v) is 7.84. The van der Waals surface area contributed by atoms with E-state index in [4.69, 9.17) is 0 Å². The van der Waals surface area contributed by atoms with Crippen molar-refractivity contribution in [3.63, 3.8) is 0 Å². The van der Waals surface area contributed by atoms with Gasteiger partial charge in [-0.15, -0.1) is 0 Å². The molecule has 2 heterocycles. The van der Waals surface area contributed by atoms with Gasteiger partial charge >= 0.3 is 0 Å². The van der Waals surface area contributed by atoms with E-state index in [0.29, 0.717) is 12.6 Å². The number of nitrogens with zero attached hydrogens (tertiary/aromatic N) is 2. The molecule has 2 aliphatic rings. The van der Waals surface area contributed by atoms with E-state index in [1.54, 1.807) is 14.0 Å². The highest BCUT2D eigenvalue weighted by molar-refractivity contribution is 6.10. The van der Waals surface area contributed by atoms with Crippen molar-refractivity contribution in [1.82, 2.24) is 10.2 Å². The first kappa shape index (κ1) is 20.3. The summed E-state index contributed by atoms with van der Waals surface area (Å²) in [5.41, 5.74) is 8.06. The number of rotatable bonds is 5. The summed E-state index contributed by atoms with van der Waals surface area (Å²) in [6.07, 6.45) is 7.17. The lowest BCUT2D eigenvalue weighted by Gasteiger charge is -2.32. The molecule has 148 valence electrons. The first-order valence-corrected chi connectivity index (χ1v) is 10.0. The van der Waals surface area contributed by atoms with Gasteiger partial charge in [-0.3, -0.25) is 9.79 Å². The van der Waals surface area contributed by atoms with Crippen molar-refractivity contribution >= 4 is 17.7 Å². The van der Waals surface area contributed by atoms with Gasteiger partial charge in [-0.05, 0) is 72.7 Å². The second-order valence-electron chi connectivity index (χ2n) is 7.84. The van der Waals surface area contributed by atoms with Gasteiger partial charge in [0, 0.05) is 44.9 Å². The van der Waals surface area contributed by atoms with Gasteiger partial charge in [0.05, 0.1) is 0 Å². The minimum atomic E-state index is 0.150. The Hall–Kier alpha value is -2.46. The average Bonchev–Trinajstić information content (AvgIpc) is 3.20. The molecule has 3 rings (SSSR count). The van der Waals surface area contributed by atoms with Crippen molar-refractivity contribution in [2.45, 2.75) is 45.7 Å². The predicted octanol–water partition coefficient (Wildman–Crippen LogP) is 4.23. The number of benzene rings is 1. The molecule has 1 atom stereocenters. The molecule has 1 aromatic carbocycles. The van der Waals surface area contributed by atoms with Crippen LogP contribution in [0.25, 0.3) is 5.57 Å². The summed E-state index contributed by atoms with van der Waals surface area (Å²) in [5, 5.41) is 3.64. The van der Waals surface area contributed by atoms with Crippen molar-refractivity contribution in [2.75, 3.05) is 20.1 Å². The lowest BCUT2D eigenvalue weighted by molar-refractivity contribution is -0.129. The molecule has 0 saturated carbocycles. The molecule has 1 N–H and O–H groups in total. The maximum Gasteiger partial charge on any atom is 0.219 e. The molecular weight excluding hydrogens is 346 g/mol. The van der Waals surface area contributed by atoms with E-state index >= 15 is 0 Å². The first-order chi connectivity index (χ1) is 13.4. The number of fused-ring (bicyclic) bond motifs is 1. The van der Waals surface area contributed by atoms with E-state index in [2.05, 4.69) is 41.7 Å². The summed E-state index contributed by atoms with van der Waals surface area (Å²) in [6.45, 7) is 14.3. The number of carbonyl (C=O) groups is 1. The molecule has 28 heavy (non-hydrogen) atoms. The summed E-state index contributed by atoms with van der Waals surface area (Å²) >= 11 is 0. The molecule has 4 heteroatoms. The Balaban J connectivity index is 2.10. The van der Waals surface area contributed by atoms with Gasteiger partial charge in [0.2, 0.25) is 5.91 Å². The third-order valence-electron chi connectivity index (χ3n) is 5.74. The highest BCUT2D eigenvalue weighted by atomic mass is 16.2. The average molecular weight is 378 g/mol. The minimum Gasteiger partial charge on any atom is -0.338 e. The van der Waals surface area contributed by atoms with Crippen LogP contribution in [0.1, 0.15) is 55.0 Å². The Morgan fingerprint density at radius 2 is 2.11 bits per heavy atom. The van der Waals surface area contributed by atoms with Gasteiger partial charge in [0.1, 0.15) is 0 Å². The van der Waals surface area contributed by atoms with Crippen LogP contribution in [0.5, 0.6) is 0 Å². The van der Waals surface area contributed by atoms with Crippen LogP contribution in [0, 0.1) is 0 Å². The van der Waals surface area contributed by atoms with Gasteiger partial charge in [-0.2, -0.15) is 0 Å². The fourth-order valence-electron chi connectivity index (χ4n) is 4.04. The molecule has 2 aliphatic heterocycles. The third-order valence-corrected chi connectivity index (χ3v) is 5.74. The normalized spacial score (nSPS) is 19.8. The largest absolute Gasteiger partial charge is 0.338 e. The third kappa shape index (κ3) is 4.33. The molecule has 1 saturated heterocycles. The lowest BCUT2D eigenvalue weighted by atomic mass is 9.86. The number of aliphatic imine (C=N–C) groups is 1. The van der Waals surface area contributed by atoms with Crippen LogP contribution in [0.4, 0.5) is 0 Å². The summed E-state index contributed by atoms with van der Waals surface area (Å²) in [4.78, 5) is 18.2. The number of nitrogens with one attached hydrogen (secondary N) is 1. The number of carbonyl (C=O) groups excluding carboxylic acids is 1. The van der Waals surface area contributed by atoms with E-state index in [-0.39, 0.29) is 5.91 Å². The zero-order valence-corrected chi connectivity index (χ0v) is 17.3. The van der Waals surface area contributed by atoms with Crippen molar-refractivity contribution in [3.05, 3.63) is 64.8 Å². The summed E-state index contributed by atoms with van der Waals surface area (Å²) < 4.78 is 0. The van der Waals surface area contributed by atoms with Crippen LogP contribution in [0.2, 0.25) is 0 Å². The van der Waals surface area contributed by atoms with Crippen LogP contribution in [0.15, 0.2) is 47.5 Å². The maximum absolute atomic E-state index is 12.0. The molecule has 1 fully saturated rings. The van der Waals surface area contributed by atoms with E-state index in [0.717, 1.165) is 48.2 Å². The van der Waals surface area contributed by atoms with Gasteiger partial charge in [0.25, 0.3) is 0 Å². The number of hydrogen-bond acceptors (Lipinski definition) is 3. The van der Waals surface area contributed by atoms with E-state index < -0.39 is 0 Å². The monoisotopic (exact) mass is 377 g/mol. The number of amides is 1. The topological polar surface area (TPSA) is 44.7 Å². The molecule has 1 unspecified atom stereocenters. The van der Waals surface area contributed by atoms with Crippen molar-refractivity contribution in [2.24, 2.45) is 4.99 Å². The van der Waals surface area contributed by atoms with Crippen molar-refractivity contribution in [3.8, 4) is 0 Å². The molecule has 4 nitrogen and oxygen atoms in total. The Labute approximate surface area is 168 Å². The Morgan fingerprint density at radius 3 is 2.71 bits per heavy atom. The van der Waals surface area contributed by atoms with Crippen molar-refractivity contribution in [1.29, 1.82) is 0 Å². The fraction of sp³-hybridized carbons (Fsp3) is 0.417. The minimum absolute atomic E-state index is 0.150.